The third kappa shape index (κ3) is 3.38. The lowest BCUT2D eigenvalue weighted by Gasteiger charge is -2.07. The van der Waals surface area contributed by atoms with Crippen molar-refractivity contribution in [1.29, 1.82) is 0 Å². The Labute approximate surface area is 150 Å². The summed E-state index contributed by atoms with van der Waals surface area (Å²) in [5.74, 6) is -0.458. The number of nitro groups is 1. The molecule has 0 aliphatic carbocycles. The Bertz CT molecular complexity index is 1080. The minimum atomic E-state index is -0.593. The molecule has 126 valence electrons. The number of nitrogens with zero attached hydrogens (tertiary/aromatic N) is 3. The van der Waals surface area contributed by atoms with Crippen LogP contribution < -0.4 is 5.56 Å². The van der Waals surface area contributed by atoms with Crippen LogP contribution in [-0.2, 0) is 6.54 Å². The van der Waals surface area contributed by atoms with Crippen molar-refractivity contribution in [2.24, 2.45) is 0 Å². The van der Waals surface area contributed by atoms with E-state index >= 15 is 0 Å². The van der Waals surface area contributed by atoms with Crippen LogP contribution in [-0.4, -0.2) is 20.3 Å². The Morgan fingerprint density at radius 1 is 1.24 bits per heavy atom. The van der Waals surface area contributed by atoms with Crippen molar-refractivity contribution >= 4 is 45.6 Å². The summed E-state index contributed by atoms with van der Waals surface area (Å²) >= 11 is 11.9. The van der Waals surface area contributed by atoms with Gasteiger partial charge in [0.25, 0.3) is 11.2 Å². The summed E-state index contributed by atoms with van der Waals surface area (Å²) < 4.78 is 1.11. The van der Waals surface area contributed by atoms with Crippen LogP contribution in [0.4, 0.5) is 5.69 Å². The van der Waals surface area contributed by atoms with Crippen LogP contribution in [0, 0.1) is 10.1 Å². The van der Waals surface area contributed by atoms with Crippen LogP contribution in [0.1, 0.15) is 10.4 Å². The number of hydrogen-bond donors (Lipinski definition) is 0. The molecule has 9 heteroatoms. The summed E-state index contributed by atoms with van der Waals surface area (Å²) in [6, 6.07) is 8.19. The van der Waals surface area contributed by atoms with Gasteiger partial charge in [-0.05, 0) is 12.1 Å². The standard InChI is InChI=1S/C16H9Cl2N3O4/c17-10-5-12-15(13(18)6-10)19-8-20(16(12)23)7-14(22)9-2-1-3-11(4-9)21(24)25/h1-6,8H,7H2. The first kappa shape index (κ1) is 17.1. The largest absolute Gasteiger partial charge is 0.292 e. The Kier molecular flexibility index (Phi) is 4.52. The molecular weight excluding hydrogens is 369 g/mol. The number of carbonyl (C=O) groups is 1. The van der Waals surface area contributed by atoms with Crippen LogP contribution in [0.5, 0.6) is 0 Å². The van der Waals surface area contributed by atoms with Gasteiger partial charge in [0.05, 0.1) is 33.7 Å². The molecule has 2 aromatic carbocycles. The molecule has 0 aliphatic rings. The van der Waals surface area contributed by atoms with E-state index in [2.05, 4.69) is 4.98 Å². The van der Waals surface area contributed by atoms with Crippen molar-refractivity contribution < 1.29 is 9.72 Å². The Balaban J connectivity index is 1.99. The third-order valence-corrected chi connectivity index (χ3v) is 4.04. The van der Waals surface area contributed by atoms with Crippen LogP contribution in [0.25, 0.3) is 10.9 Å². The molecule has 0 atom stereocenters. The monoisotopic (exact) mass is 377 g/mol. The Hall–Kier alpha value is -2.77. The minimum absolute atomic E-state index is 0.130. The molecule has 0 fully saturated rings. The normalized spacial score (nSPS) is 10.8. The van der Waals surface area contributed by atoms with Crippen molar-refractivity contribution in [3.05, 3.63) is 78.8 Å². The van der Waals surface area contributed by atoms with E-state index in [1.54, 1.807) is 0 Å². The second-order valence-electron chi connectivity index (χ2n) is 5.19. The molecule has 0 aliphatic heterocycles. The van der Waals surface area contributed by atoms with Gasteiger partial charge in [0, 0.05) is 22.7 Å². The lowest BCUT2D eigenvalue weighted by atomic mass is 10.1. The summed E-state index contributed by atoms with van der Waals surface area (Å²) in [5.41, 5.74) is -0.262. The minimum Gasteiger partial charge on any atom is -0.292 e. The average molecular weight is 378 g/mol. The van der Waals surface area contributed by atoms with E-state index in [0.717, 1.165) is 10.6 Å². The van der Waals surface area contributed by atoms with Gasteiger partial charge in [0.1, 0.15) is 0 Å². The molecule has 25 heavy (non-hydrogen) atoms. The molecule has 0 spiro atoms. The van der Waals surface area contributed by atoms with Crippen molar-refractivity contribution in [2.45, 2.75) is 6.54 Å². The smallest absolute Gasteiger partial charge is 0.270 e. The summed E-state index contributed by atoms with van der Waals surface area (Å²) in [7, 11) is 0. The molecule has 0 bridgehead atoms. The number of halogens is 2. The van der Waals surface area contributed by atoms with Gasteiger partial charge in [-0.15, -0.1) is 0 Å². The fourth-order valence-corrected chi connectivity index (χ4v) is 2.89. The zero-order chi connectivity index (χ0) is 18.1. The van der Waals surface area contributed by atoms with Gasteiger partial charge in [0.15, 0.2) is 5.78 Å². The van der Waals surface area contributed by atoms with Crippen LogP contribution in [0.2, 0.25) is 10.0 Å². The number of rotatable bonds is 4. The molecular formula is C16H9Cl2N3O4. The highest BCUT2D eigenvalue weighted by Crippen LogP contribution is 2.24. The summed E-state index contributed by atoms with van der Waals surface area (Å²) in [4.78, 5) is 39.2. The molecule has 0 saturated carbocycles. The van der Waals surface area contributed by atoms with E-state index in [1.807, 2.05) is 0 Å². The van der Waals surface area contributed by atoms with Crippen molar-refractivity contribution in [3.63, 3.8) is 0 Å². The quantitative estimate of drug-likeness (QED) is 0.393. The SMILES string of the molecule is O=C(Cn1cnc2c(Cl)cc(Cl)cc2c1=O)c1cccc([N+](=O)[O-])c1. The highest BCUT2D eigenvalue weighted by molar-refractivity contribution is 6.38. The molecule has 0 N–H and O–H groups in total. The van der Waals surface area contributed by atoms with Gasteiger partial charge in [0.2, 0.25) is 0 Å². The van der Waals surface area contributed by atoms with E-state index in [0.29, 0.717) is 0 Å². The highest BCUT2D eigenvalue weighted by Gasteiger charge is 2.15. The predicted molar refractivity (Wildman–Crippen MR) is 93.4 cm³/mol. The van der Waals surface area contributed by atoms with Crippen molar-refractivity contribution in [1.82, 2.24) is 9.55 Å². The number of carbonyl (C=O) groups excluding carboxylic acids is 1. The molecule has 3 rings (SSSR count). The summed E-state index contributed by atoms with van der Waals surface area (Å²) in [6.45, 7) is -0.312. The van der Waals surface area contributed by atoms with Crippen LogP contribution in [0.3, 0.4) is 0 Å². The Morgan fingerprint density at radius 3 is 2.72 bits per heavy atom. The number of ketones is 1. The molecule has 0 amide bonds. The molecule has 3 aromatic rings. The Morgan fingerprint density at radius 2 is 2.00 bits per heavy atom. The van der Waals surface area contributed by atoms with Gasteiger partial charge in [-0.25, -0.2) is 4.98 Å². The second kappa shape index (κ2) is 6.62. The first-order chi connectivity index (χ1) is 11.9. The zero-order valence-electron chi connectivity index (χ0n) is 12.5. The van der Waals surface area contributed by atoms with Gasteiger partial charge in [-0.1, -0.05) is 35.3 Å². The molecule has 7 nitrogen and oxygen atoms in total. The van der Waals surface area contributed by atoms with Gasteiger partial charge in [-0.2, -0.15) is 0 Å². The maximum atomic E-state index is 12.5. The number of fused-ring (bicyclic) bond motifs is 1. The molecule has 0 saturated heterocycles. The van der Waals surface area contributed by atoms with Gasteiger partial charge >= 0.3 is 0 Å². The first-order valence-electron chi connectivity index (χ1n) is 6.98. The van der Waals surface area contributed by atoms with Crippen molar-refractivity contribution in [3.8, 4) is 0 Å². The number of aromatic nitrogens is 2. The van der Waals surface area contributed by atoms with E-state index in [-0.39, 0.29) is 38.7 Å². The van der Waals surface area contributed by atoms with Crippen LogP contribution >= 0.6 is 23.2 Å². The first-order valence-corrected chi connectivity index (χ1v) is 7.74. The van der Waals surface area contributed by atoms with Gasteiger partial charge in [-0.3, -0.25) is 24.3 Å². The fourth-order valence-electron chi connectivity index (χ4n) is 2.35. The second-order valence-corrected chi connectivity index (χ2v) is 6.04. The third-order valence-electron chi connectivity index (χ3n) is 3.54. The number of Topliss-reactive ketones (excluding diaryl/α,β-unsaturated/α-hetero) is 1. The number of benzene rings is 2. The van der Waals surface area contributed by atoms with E-state index < -0.39 is 16.3 Å². The number of nitro benzene ring substituents is 1. The molecule has 0 radical (unpaired) electrons. The molecule has 1 heterocycles. The predicted octanol–water partition coefficient (Wildman–Crippen LogP) is 3.49. The highest BCUT2D eigenvalue weighted by atomic mass is 35.5. The summed E-state index contributed by atoms with van der Waals surface area (Å²) in [5, 5.41) is 11.5. The lowest BCUT2D eigenvalue weighted by molar-refractivity contribution is -0.384. The van der Waals surface area contributed by atoms with E-state index in [4.69, 9.17) is 23.2 Å². The van der Waals surface area contributed by atoms with Crippen LogP contribution in [0.15, 0.2) is 47.5 Å². The maximum Gasteiger partial charge on any atom is 0.270 e. The number of hydrogen-bond acceptors (Lipinski definition) is 5. The van der Waals surface area contributed by atoms with Crippen molar-refractivity contribution in [2.75, 3.05) is 0 Å². The topological polar surface area (TPSA) is 95.1 Å². The zero-order valence-corrected chi connectivity index (χ0v) is 14.0. The maximum absolute atomic E-state index is 12.5. The number of non-ortho nitro benzene ring substituents is 1. The van der Waals surface area contributed by atoms with E-state index in [1.165, 1.54) is 36.7 Å². The summed E-state index contributed by atoms with van der Waals surface area (Å²) in [6.07, 6.45) is 1.21. The van der Waals surface area contributed by atoms with Gasteiger partial charge < -0.3 is 0 Å². The average Bonchev–Trinajstić information content (AvgIpc) is 2.57. The lowest BCUT2D eigenvalue weighted by Crippen LogP contribution is -2.24. The molecule has 1 aromatic heterocycles. The van der Waals surface area contributed by atoms with E-state index in [9.17, 15) is 19.7 Å². The molecule has 0 unspecified atom stereocenters. The fraction of sp³-hybridized carbons (Fsp3) is 0.0625.